The lowest BCUT2D eigenvalue weighted by Crippen LogP contribution is -2.03. The van der Waals surface area contributed by atoms with Crippen LogP contribution >= 0.6 is 0 Å². The van der Waals surface area contributed by atoms with Crippen LogP contribution in [0.15, 0.2) is 42.5 Å². The number of hydrogen-bond acceptors (Lipinski definition) is 4. The molecular formula is C15H12F2N4. The van der Waals surface area contributed by atoms with Gasteiger partial charge in [-0.15, -0.1) is 0 Å². The fourth-order valence-electron chi connectivity index (χ4n) is 2.00. The Morgan fingerprint density at radius 2 is 1.81 bits per heavy atom. The van der Waals surface area contributed by atoms with Crippen LogP contribution < -0.4 is 10.6 Å². The Balaban J connectivity index is 2.13. The molecule has 0 bridgehead atoms. The molecule has 0 amide bonds. The van der Waals surface area contributed by atoms with Gasteiger partial charge in [0.15, 0.2) is 0 Å². The van der Waals surface area contributed by atoms with Gasteiger partial charge in [-0.25, -0.2) is 13.8 Å². The van der Waals surface area contributed by atoms with Crippen LogP contribution in [0.1, 0.15) is 0 Å². The lowest BCUT2D eigenvalue weighted by atomic mass is 10.2. The van der Waals surface area contributed by atoms with E-state index in [1.54, 1.807) is 7.05 Å². The highest BCUT2D eigenvalue weighted by Gasteiger charge is 2.10. The van der Waals surface area contributed by atoms with Crippen molar-refractivity contribution in [2.75, 3.05) is 17.7 Å². The number of rotatable bonds is 3. The molecule has 0 unspecified atom stereocenters. The molecular weight excluding hydrogens is 274 g/mol. The predicted octanol–water partition coefficient (Wildman–Crippen LogP) is 3.69. The largest absolute Gasteiger partial charge is 0.357 e. The van der Waals surface area contributed by atoms with E-state index >= 15 is 0 Å². The number of halogens is 2. The Morgan fingerprint density at radius 3 is 2.62 bits per heavy atom. The molecule has 0 fully saturated rings. The van der Waals surface area contributed by atoms with Crippen LogP contribution in [0.2, 0.25) is 0 Å². The summed E-state index contributed by atoms with van der Waals surface area (Å²) in [6.07, 6.45) is 0. The van der Waals surface area contributed by atoms with Crippen LogP contribution in [0, 0.1) is 11.6 Å². The van der Waals surface area contributed by atoms with Crippen molar-refractivity contribution in [2.45, 2.75) is 0 Å². The van der Waals surface area contributed by atoms with E-state index in [2.05, 4.69) is 20.6 Å². The average molecular weight is 286 g/mol. The maximum Gasteiger partial charge on any atom is 0.224 e. The van der Waals surface area contributed by atoms with Gasteiger partial charge in [0.2, 0.25) is 5.95 Å². The van der Waals surface area contributed by atoms with Gasteiger partial charge in [0.1, 0.15) is 17.5 Å². The third-order valence-corrected chi connectivity index (χ3v) is 3.01. The molecule has 0 aliphatic carbocycles. The van der Waals surface area contributed by atoms with Gasteiger partial charge in [-0.05, 0) is 24.3 Å². The summed E-state index contributed by atoms with van der Waals surface area (Å²) < 4.78 is 27.0. The highest BCUT2D eigenvalue weighted by atomic mass is 19.1. The van der Waals surface area contributed by atoms with Crippen molar-refractivity contribution >= 4 is 28.4 Å². The molecule has 1 heterocycles. The van der Waals surface area contributed by atoms with Crippen LogP contribution in [0.3, 0.4) is 0 Å². The molecule has 21 heavy (non-hydrogen) atoms. The Kier molecular flexibility index (Phi) is 3.35. The van der Waals surface area contributed by atoms with Crippen LogP contribution in [0.4, 0.5) is 26.2 Å². The molecule has 4 nitrogen and oxygen atoms in total. The second kappa shape index (κ2) is 5.32. The summed E-state index contributed by atoms with van der Waals surface area (Å²) in [5.41, 5.74) is 0.733. The van der Waals surface area contributed by atoms with Crippen molar-refractivity contribution in [3.05, 3.63) is 54.1 Å². The van der Waals surface area contributed by atoms with Gasteiger partial charge < -0.3 is 10.6 Å². The number of nitrogens with one attached hydrogen (secondary N) is 2. The van der Waals surface area contributed by atoms with Crippen molar-refractivity contribution in [3.8, 4) is 0 Å². The molecule has 0 saturated carbocycles. The van der Waals surface area contributed by atoms with Crippen LogP contribution in [0.5, 0.6) is 0 Å². The average Bonchev–Trinajstić information content (AvgIpc) is 2.50. The van der Waals surface area contributed by atoms with Gasteiger partial charge in [-0.1, -0.05) is 12.1 Å². The molecule has 0 saturated heterocycles. The predicted molar refractivity (Wildman–Crippen MR) is 78.7 cm³/mol. The van der Waals surface area contributed by atoms with Crippen molar-refractivity contribution < 1.29 is 8.78 Å². The molecule has 0 aliphatic heterocycles. The number of anilines is 3. The summed E-state index contributed by atoms with van der Waals surface area (Å²) in [5, 5.41) is 6.39. The van der Waals surface area contributed by atoms with Crippen LogP contribution in [-0.2, 0) is 0 Å². The van der Waals surface area contributed by atoms with E-state index in [0.29, 0.717) is 17.3 Å². The number of nitrogens with zero attached hydrogens (tertiary/aromatic N) is 2. The normalized spacial score (nSPS) is 10.6. The van der Waals surface area contributed by atoms with Gasteiger partial charge >= 0.3 is 0 Å². The van der Waals surface area contributed by atoms with Crippen LogP contribution in [-0.4, -0.2) is 17.0 Å². The molecule has 0 radical (unpaired) electrons. The van der Waals surface area contributed by atoms with Gasteiger partial charge in [0.25, 0.3) is 0 Å². The Labute approximate surface area is 119 Å². The minimum absolute atomic E-state index is 0.0286. The van der Waals surface area contributed by atoms with Crippen molar-refractivity contribution in [2.24, 2.45) is 0 Å². The molecule has 0 aliphatic rings. The fourth-order valence-corrected chi connectivity index (χ4v) is 2.00. The zero-order valence-corrected chi connectivity index (χ0v) is 11.2. The monoisotopic (exact) mass is 286 g/mol. The number of aromatic nitrogens is 2. The topological polar surface area (TPSA) is 49.8 Å². The Bertz CT molecular complexity index is 805. The number of para-hydroxylation sites is 1. The van der Waals surface area contributed by atoms with E-state index in [0.717, 1.165) is 23.6 Å². The molecule has 6 heteroatoms. The molecule has 0 spiro atoms. The van der Waals surface area contributed by atoms with E-state index in [1.807, 2.05) is 24.3 Å². The summed E-state index contributed by atoms with van der Waals surface area (Å²) in [4.78, 5) is 8.57. The highest BCUT2D eigenvalue weighted by Crippen LogP contribution is 2.26. The number of benzene rings is 2. The summed E-state index contributed by atoms with van der Waals surface area (Å²) in [7, 11) is 1.69. The van der Waals surface area contributed by atoms with Gasteiger partial charge in [-0.2, -0.15) is 4.98 Å². The summed E-state index contributed by atoms with van der Waals surface area (Å²) in [6.45, 7) is 0. The first kappa shape index (κ1) is 13.2. The summed E-state index contributed by atoms with van der Waals surface area (Å²) in [6, 6.07) is 10.5. The zero-order valence-electron chi connectivity index (χ0n) is 11.2. The molecule has 2 aromatic carbocycles. The Morgan fingerprint density at radius 1 is 1.00 bits per heavy atom. The van der Waals surface area contributed by atoms with Crippen molar-refractivity contribution in [3.63, 3.8) is 0 Å². The maximum atomic E-state index is 13.7. The number of hydrogen-bond donors (Lipinski definition) is 2. The second-order valence-corrected chi connectivity index (χ2v) is 4.41. The van der Waals surface area contributed by atoms with E-state index in [-0.39, 0.29) is 5.69 Å². The third kappa shape index (κ3) is 2.60. The lowest BCUT2D eigenvalue weighted by Gasteiger charge is -2.11. The molecule has 1 aromatic heterocycles. The molecule has 3 aromatic rings. The maximum absolute atomic E-state index is 13.7. The SMILES string of the molecule is CNc1nc(Nc2cc(F)ccc2F)c2ccccc2n1. The standard InChI is InChI=1S/C15H12F2N4/c1-18-15-20-12-5-3-2-4-10(12)14(21-15)19-13-8-9(16)6-7-11(13)17/h2-8H,1H3,(H2,18,19,20,21). The minimum Gasteiger partial charge on any atom is -0.357 e. The van der Waals surface area contributed by atoms with Gasteiger partial charge in [0, 0.05) is 18.5 Å². The van der Waals surface area contributed by atoms with Crippen molar-refractivity contribution in [1.82, 2.24) is 9.97 Å². The van der Waals surface area contributed by atoms with Crippen LogP contribution in [0.25, 0.3) is 10.9 Å². The first-order valence-corrected chi connectivity index (χ1v) is 6.34. The van der Waals surface area contributed by atoms with E-state index in [9.17, 15) is 8.78 Å². The quantitative estimate of drug-likeness (QED) is 0.771. The van der Waals surface area contributed by atoms with Gasteiger partial charge in [-0.3, -0.25) is 0 Å². The molecule has 106 valence electrons. The van der Waals surface area contributed by atoms with E-state index in [4.69, 9.17) is 0 Å². The minimum atomic E-state index is -0.551. The first-order valence-electron chi connectivity index (χ1n) is 6.34. The van der Waals surface area contributed by atoms with Gasteiger partial charge in [0.05, 0.1) is 11.2 Å². The molecule has 3 rings (SSSR count). The van der Waals surface area contributed by atoms with Crippen molar-refractivity contribution in [1.29, 1.82) is 0 Å². The highest BCUT2D eigenvalue weighted by molar-refractivity contribution is 5.91. The second-order valence-electron chi connectivity index (χ2n) is 4.41. The summed E-state index contributed by atoms with van der Waals surface area (Å²) >= 11 is 0. The third-order valence-electron chi connectivity index (χ3n) is 3.01. The number of fused-ring (bicyclic) bond motifs is 1. The lowest BCUT2D eigenvalue weighted by molar-refractivity contribution is 0.603. The fraction of sp³-hybridized carbons (Fsp3) is 0.0667. The zero-order chi connectivity index (χ0) is 14.8. The van der Waals surface area contributed by atoms with E-state index in [1.165, 1.54) is 0 Å². The molecule has 0 atom stereocenters. The summed E-state index contributed by atoms with van der Waals surface area (Å²) in [5.74, 6) is -0.265. The molecule has 2 N–H and O–H groups in total. The Hall–Kier alpha value is -2.76. The van der Waals surface area contributed by atoms with E-state index < -0.39 is 11.6 Å². The first-order chi connectivity index (χ1) is 10.2. The smallest absolute Gasteiger partial charge is 0.224 e.